The summed E-state index contributed by atoms with van der Waals surface area (Å²) in [5.74, 6) is 1.53. The van der Waals surface area contributed by atoms with Gasteiger partial charge in [-0.3, -0.25) is 4.98 Å². The van der Waals surface area contributed by atoms with E-state index in [2.05, 4.69) is 25.2 Å². The molecule has 138 valence electrons. The van der Waals surface area contributed by atoms with E-state index in [-0.39, 0.29) is 12.1 Å². The summed E-state index contributed by atoms with van der Waals surface area (Å²) in [5, 5.41) is 2.94. The predicted molar refractivity (Wildman–Crippen MR) is 100.0 cm³/mol. The monoisotopic (exact) mass is 355 g/mol. The summed E-state index contributed by atoms with van der Waals surface area (Å²) >= 11 is 0. The van der Waals surface area contributed by atoms with Crippen molar-refractivity contribution >= 4 is 11.9 Å². The molecule has 0 aromatic carbocycles. The zero-order valence-corrected chi connectivity index (χ0v) is 15.7. The minimum Gasteiger partial charge on any atom is -0.444 e. The second-order valence-electron chi connectivity index (χ2n) is 7.51. The van der Waals surface area contributed by atoms with Crippen molar-refractivity contribution < 1.29 is 9.53 Å². The molecular weight excluding hydrogens is 330 g/mol. The van der Waals surface area contributed by atoms with E-state index in [1.807, 2.05) is 45.9 Å². The molecule has 0 spiro atoms. The summed E-state index contributed by atoms with van der Waals surface area (Å²) in [6, 6.07) is 5.83. The molecule has 2 aromatic rings. The maximum atomic E-state index is 12.0. The Labute approximate surface area is 153 Å². The van der Waals surface area contributed by atoms with Gasteiger partial charge >= 0.3 is 6.09 Å². The molecule has 1 aliphatic rings. The van der Waals surface area contributed by atoms with Crippen LogP contribution in [0.4, 0.5) is 10.6 Å². The van der Waals surface area contributed by atoms with Crippen LogP contribution in [0.2, 0.25) is 0 Å². The number of nitrogens with one attached hydrogen (secondary N) is 1. The van der Waals surface area contributed by atoms with Crippen LogP contribution in [0.5, 0.6) is 0 Å². The Bertz CT molecular complexity index is 773. The fraction of sp³-hybridized carbons (Fsp3) is 0.474. The van der Waals surface area contributed by atoms with Gasteiger partial charge in [-0.2, -0.15) is 0 Å². The van der Waals surface area contributed by atoms with Crippen LogP contribution in [-0.4, -0.2) is 45.8 Å². The number of nitrogens with zero attached hydrogens (tertiary/aromatic N) is 4. The summed E-state index contributed by atoms with van der Waals surface area (Å²) in [6.07, 6.45) is 3.97. The normalized spacial score (nSPS) is 17.2. The van der Waals surface area contributed by atoms with Crippen LogP contribution in [-0.2, 0) is 4.74 Å². The van der Waals surface area contributed by atoms with E-state index >= 15 is 0 Å². The first kappa shape index (κ1) is 18.1. The molecule has 0 aliphatic carbocycles. The Balaban J connectivity index is 1.69. The Kier molecular flexibility index (Phi) is 5.06. The van der Waals surface area contributed by atoms with Crippen molar-refractivity contribution in [2.24, 2.45) is 0 Å². The largest absolute Gasteiger partial charge is 0.444 e. The lowest BCUT2D eigenvalue weighted by Crippen LogP contribution is -2.40. The highest BCUT2D eigenvalue weighted by Crippen LogP contribution is 2.23. The minimum atomic E-state index is -0.495. The van der Waals surface area contributed by atoms with Gasteiger partial charge in [0.15, 0.2) is 5.82 Å². The van der Waals surface area contributed by atoms with Gasteiger partial charge in [-0.05, 0) is 46.2 Å². The molecule has 3 heterocycles. The number of hydrogen-bond donors (Lipinski definition) is 1. The van der Waals surface area contributed by atoms with Gasteiger partial charge < -0.3 is 15.0 Å². The van der Waals surface area contributed by atoms with Crippen molar-refractivity contribution in [2.45, 2.75) is 45.8 Å². The molecule has 0 bridgehead atoms. The lowest BCUT2D eigenvalue weighted by molar-refractivity contribution is 0.0509. The van der Waals surface area contributed by atoms with E-state index in [9.17, 15) is 4.79 Å². The topological polar surface area (TPSA) is 80.2 Å². The molecule has 1 unspecified atom stereocenters. The van der Waals surface area contributed by atoms with Crippen molar-refractivity contribution in [3.8, 4) is 11.4 Å². The second kappa shape index (κ2) is 7.27. The molecule has 2 aromatic heterocycles. The first-order valence-electron chi connectivity index (χ1n) is 8.81. The maximum absolute atomic E-state index is 12.0. The molecule has 1 atom stereocenters. The predicted octanol–water partition coefficient (Wildman–Crippen LogP) is 2.95. The average molecular weight is 355 g/mol. The molecule has 1 N–H and O–H groups in total. The first-order valence-corrected chi connectivity index (χ1v) is 8.81. The smallest absolute Gasteiger partial charge is 0.407 e. The summed E-state index contributed by atoms with van der Waals surface area (Å²) in [6.45, 7) is 9.05. The summed E-state index contributed by atoms with van der Waals surface area (Å²) in [5.41, 5.74) is 1.29. The highest BCUT2D eigenvalue weighted by Gasteiger charge is 2.27. The fourth-order valence-corrected chi connectivity index (χ4v) is 2.90. The maximum Gasteiger partial charge on any atom is 0.407 e. The number of anilines is 1. The number of ether oxygens (including phenoxy) is 1. The zero-order chi connectivity index (χ0) is 18.7. The number of hydrogen-bond acceptors (Lipinski definition) is 6. The molecule has 0 saturated carbocycles. The van der Waals surface area contributed by atoms with Crippen LogP contribution in [0.3, 0.4) is 0 Å². The van der Waals surface area contributed by atoms with Crippen molar-refractivity contribution in [2.75, 3.05) is 18.0 Å². The van der Waals surface area contributed by atoms with Gasteiger partial charge in [0.1, 0.15) is 11.4 Å². The van der Waals surface area contributed by atoms with Crippen LogP contribution in [0.1, 0.15) is 32.9 Å². The minimum absolute atomic E-state index is 0.0435. The molecule has 26 heavy (non-hydrogen) atoms. The van der Waals surface area contributed by atoms with Crippen molar-refractivity contribution in [1.29, 1.82) is 0 Å². The van der Waals surface area contributed by atoms with E-state index in [0.29, 0.717) is 12.4 Å². The van der Waals surface area contributed by atoms with Gasteiger partial charge in [0.05, 0.1) is 6.04 Å². The SMILES string of the molecule is Cc1cc(N2CCC(NC(=O)OC(C)(C)C)C2)nc(-c2cccnc2)n1. The molecule has 1 saturated heterocycles. The Morgan fingerprint density at radius 3 is 2.85 bits per heavy atom. The number of amides is 1. The summed E-state index contributed by atoms with van der Waals surface area (Å²) in [7, 11) is 0. The number of aryl methyl sites for hydroxylation is 1. The first-order chi connectivity index (χ1) is 12.3. The van der Waals surface area contributed by atoms with Gasteiger partial charge in [0.2, 0.25) is 0 Å². The highest BCUT2D eigenvalue weighted by molar-refractivity contribution is 5.68. The van der Waals surface area contributed by atoms with Crippen LogP contribution >= 0.6 is 0 Å². The van der Waals surface area contributed by atoms with E-state index in [0.717, 1.165) is 30.0 Å². The van der Waals surface area contributed by atoms with Gasteiger partial charge in [0, 0.05) is 42.8 Å². The lowest BCUT2D eigenvalue weighted by atomic mass is 10.2. The molecule has 0 radical (unpaired) electrons. The van der Waals surface area contributed by atoms with Crippen molar-refractivity contribution in [1.82, 2.24) is 20.3 Å². The highest BCUT2D eigenvalue weighted by atomic mass is 16.6. The Hall–Kier alpha value is -2.70. The number of pyridine rings is 1. The van der Waals surface area contributed by atoms with Crippen molar-refractivity contribution in [3.05, 3.63) is 36.3 Å². The molecular formula is C19H25N5O2. The van der Waals surface area contributed by atoms with Gasteiger partial charge in [0.25, 0.3) is 0 Å². The van der Waals surface area contributed by atoms with Crippen molar-refractivity contribution in [3.63, 3.8) is 0 Å². The van der Waals surface area contributed by atoms with Crippen LogP contribution in [0, 0.1) is 6.92 Å². The molecule has 1 amide bonds. The van der Waals surface area contributed by atoms with Crippen LogP contribution in [0.25, 0.3) is 11.4 Å². The van der Waals surface area contributed by atoms with Crippen LogP contribution < -0.4 is 10.2 Å². The number of alkyl carbamates (subject to hydrolysis) is 1. The number of carbonyl (C=O) groups is 1. The second-order valence-corrected chi connectivity index (χ2v) is 7.51. The number of aromatic nitrogens is 3. The number of carbonyl (C=O) groups excluding carboxylic acids is 1. The fourth-order valence-electron chi connectivity index (χ4n) is 2.90. The lowest BCUT2D eigenvalue weighted by Gasteiger charge is -2.22. The molecule has 7 heteroatoms. The third kappa shape index (κ3) is 4.68. The van der Waals surface area contributed by atoms with E-state index < -0.39 is 5.60 Å². The quantitative estimate of drug-likeness (QED) is 0.912. The average Bonchev–Trinajstić information content (AvgIpc) is 3.01. The molecule has 7 nitrogen and oxygen atoms in total. The van der Waals surface area contributed by atoms with E-state index in [4.69, 9.17) is 4.74 Å². The Morgan fingerprint density at radius 2 is 2.15 bits per heavy atom. The van der Waals surface area contributed by atoms with Gasteiger partial charge in [-0.1, -0.05) is 0 Å². The summed E-state index contributed by atoms with van der Waals surface area (Å²) < 4.78 is 5.34. The zero-order valence-electron chi connectivity index (χ0n) is 15.7. The molecule has 3 rings (SSSR count). The molecule has 1 fully saturated rings. The Morgan fingerprint density at radius 1 is 1.35 bits per heavy atom. The summed E-state index contributed by atoms with van der Waals surface area (Å²) in [4.78, 5) is 27.5. The standard InChI is InChI=1S/C19H25N5O2/c1-13-10-16(23-17(21-13)14-6-5-8-20-11-14)24-9-7-15(12-24)22-18(25)26-19(2,3)4/h5-6,8,10-11,15H,7,9,12H2,1-4H3,(H,22,25). The van der Waals surface area contributed by atoms with E-state index in [1.165, 1.54) is 0 Å². The van der Waals surface area contributed by atoms with Gasteiger partial charge in [-0.25, -0.2) is 14.8 Å². The molecule has 1 aliphatic heterocycles. The number of rotatable bonds is 3. The van der Waals surface area contributed by atoms with E-state index in [1.54, 1.807) is 12.4 Å². The van der Waals surface area contributed by atoms with Crippen LogP contribution in [0.15, 0.2) is 30.6 Å². The third-order valence-corrected chi connectivity index (χ3v) is 3.99. The van der Waals surface area contributed by atoms with Gasteiger partial charge in [-0.15, -0.1) is 0 Å². The third-order valence-electron chi connectivity index (χ3n) is 3.99.